The Labute approximate surface area is 118 Å². The van der Waals surface area contributed by atoms with E-state index < -0.39 is 37.8 Å². The molecule has 2 atom stereocenters. The van der Waals surface area contributed by atoms with Gasteiger partial charge < -0.3 is 32.3 Å². The van der Waals surface area contributed by atoms with E-state index in [2.05, 4.69) is 0 Å². The van der Waals surface area contributed by atoms with Gasteiger partial charge in [-0.15, -0.1) is 0 Å². The van der Waals surface area contributed by atoms with Crippen LogP contribution in [-0.4, -0.2) is 51.5 Å². The molecular formula is C7H17N4O5PS2. The zero-order valence-corrected chi connectivity index (χ0v) is 12.4. The zero-order chi connectivity index (χ0) is 15.1. The normalized spacial score (nSPS) is 14.7. The van der Waals surface area contributed by atoms with Gasteiger partial charge in [-0.3, -0.25) is 14.2 Å². The summed E-state index contributed by atoms with van der Waals surface area (Å²) in [5, 5.41) is 2.04. The highest BCUT2D eigenvalue weighted by Crippen LogP contribution is 2.32. The van der Waals surface area contributed by atoms with Gasteiger partial charge in [-0.2, -0.15) is 0 Å². The standard InChI is InChI=1S/C7H17N4O5PS2/c8-4(6(10)12)1-18-19-2-5(9)7(13)11-3-17(14,15)16/h4-5H,1-3,8-9H2,(H2,10,12)(H,11,13)(H2,14,15,16)/t4?,5-/m0/s1. The van der Waals surface area contributed by atoms with Crippen LogP contribution in [0.4, 0.5) is 0 Å². The molecule has 0 aromatic heterocycles. The largest absolute Gasteiger partial charge is 0.368 e. The van der Waals surface area contributed by atoms with E-state index in [4.69, 9.17) is 27.0 Å². The summed E-state index contributed by atoms with van der Waals surface area (Å²) >= 11 is 0. The molecule has 0 bridgehead atoms. The minimum Gasteiger partial charge on any atom is -0.368 e. The molecule has 112 valence electrons. The number of carbonyl (C=O) groups is 2. The summed E-state index contributed by atoms with van der Waals surface area (Å²) < 4.78 is 10.5. The van der Waals surface area contributed by atoms with Crippen LogP contribution in [0, 0.1) is 0 Å². The molecule has 0 fully saturated rings. The third-order valence-electron chi connectivity index (χ3n) is 1.74. The lowest BCUT2D eigenvalue weighted by Gasteiger charge is -2.12. The Balaban J connectivity index is 3.80. The summed E-state index contributed by atoms with van der Waals surface area (Å²) in [6.45, 7) is 0. The maximum Gasteiger partial charge on any atom is 0.344 e. The van der Waals surface area contributed by atoms with Crippen LogP contribution in [0.3, 0.4) is 0 Å². The molecule has 0 heterocycles. The Hall–Kier alpha value is -0.290. The van der Waals surface area contributed by atoms with Crippen molar-refractivity contribution in [3.05, 3.63) is 0 Å². The second kappa shape index (κ2) is 8.80. The summed E-state index contributed by atoms with van der Waals surface area (Å²) in [5.41, 5.74) is 15.8. The lowest BCUT2D eigenvalue weighted by atomic mass is 10.3. The smallest absolute Gasteiger partial charge is 0.344 e. The number of rotatable bonds is 9. The minimum atomic E-state index is -4.28. The third kappa shape index (κ3) is 10.2. The van der Waals surface area contributed by atoms with Crippen LogP contribution in [0.2, 0.25) is 0 Å². The van der Waals surface area contributed by atoms with E-state index in [1.165, 1.54) is 21.6 Å². The van der Waals surface area contributed by atoms with Crippen molar-refractivity contribution in [1.29, 1.82) is 0 Å². The van der Waals surface area contributed by atoms with E-state index in [1.807, 2.05) is 5.32 Å². The van der Waals surface area contributed by atoms with Gasteiger partial charge >= 0.3 is 7.60 Å². The monoisotopic (exact) mass is 332 g/mol. The predicted molar refractivity (Wildman–Crippen MR) is 75.1 cm³/mol. The van der Waals surface area contributed by atoms with Crippen molar-refractivity contribution in [3.63, 3.8) is 0 Å². The Kier molecular flexibility index (Phi) is 8.66. The third-order valence-corrected chi connectivity index (χ3v) is 4.78. The summed E-state index contributed by atoms with van der Waals surface area (Å²) in [6, 6.07) is -1.67. The summed E-state index contributed by atoms with van der Waals surface area (Å²) in [5.74, 6) is -0.771. The minimum absolute atomic E-state index is 0.211. The Morgan fingerprint density at radius 2 is 1.63 bits per heavy atom. The van der Waals surface area contributed by atoms with E-state index in [9.17, 15) is 14.2 Å². The lowest BCUT2D eigenvalue weighted by molar-refractivity contribution is -0.121. The molecule has 1 unspecified atom stereocenters. The van der Waals surface area contributed by atoms with E-state index in [0.29, 0.717) is 0 Å². The molecule has 0 saturated carbocycles. The first kappa shape index (κ1) is 18.7. The number of primary amides is 1. The first-order valence-electron chi connectivity index (χ1n) is 5.00. The highest BCUT2D eigenvalue weighted by atomic mass is 33.1. The summed E-state index contributed by atoms with van der Waals surface area (Å²) in [6.07, 6.45) is -0.746. The van der Waals surface area contributed by atoms with Crippen LogP contribution in [0.15, 0.2) is 0 Å². The van der Waals surface area contributed by atoms with E-state index in [1.54, 1.807) is 0 Å². The van der Waals surface area contributed by atoms with Crippen LogP contribution < -0.4 is 22.5 Å². The van der Waals surface area contributed by atoms with Crippen LogP contribution >= 0.6 is 29.2 Å². The molecule has 2 amide bonds. The molecule has 0 saturated heterocycles. The molecular weight excluding hydrogens is 315 g/mol. The van der Waals surface area contributed by atoms with Crippen molar-refractivity contribution in [3.8, 4) is 0 Å². The SMILES string of the molecule is NC(=O)C(N)CSSC[C@H](N)C(=O)NCP(=O)(O)O. The molecule has 0 radical (unpaired) electrons. The fourth-order valence-electron chi connectivity index (χ4n) is 0.713. The number of nitrogens with two attached hydrogens (primary N) is 3. The quantitative estimate of drug-likeness (QED) is 0.154. The van der Waals surface area contributed by atoms with Crippen LogP contribution in [0.5, 0.6) is 0 Å². The second-order valence-corrected chi connectivity index (χ2v) is 7.75. The van der Waals surface area contributed by atoms with E-state index >= 15 is 0 Å². The summed E-state index contributed by atoms with van der Waals surface area (Å²) in [4.78, 5) is 39.1. The number of hydrogen-bond acceptors (Lipinski definition) is 7. The van der Waals surface area contributed by atoms with Gasteiger partial charge in [-0.05, 0) is 0 Å². The van der Waals surface area contributed by atoms with Gasteiger partial charge in [0.2, 0.25) is 11.8 Å². The fourth-order valence-corrected chi connectivity index (χ4v) is 3.33. The van der Waals surface area contributed by atoms with Gasteiger partial charge in [0, 0.05) is 11.5 Å². The highest BCUT2D eigenvalue weighted by Gasteiger charge is 2.19. The number of hydrogen-bond donors (Lipinski definition) is 6. The average Bonchev–Trinajstić information content (AvgIpc) is 2.29. The second-order valence-electron chi connectivity index (χ2n) is 3.55. The van der Waals surface area contributed by atoms with Crippen molar-refractivity contribution in [2.24, 2.45) is 17.2 Å². The van der Waals surface area contributed by atoms with Gasteiger partial charge in [0.25, 0.3) is 0 Å². The van der Waals surface area contributed by atoms with Gasteiger partial charge in [0.05, 0.1) is 12.1 Å². The molecule has 0 rings (SSSR count). The number of amides is 2. The van der Waals surface area contributed by atoms with Gasteiger partial charge in [0.1, 0.15) is 6.29 Å². The molecule has 9 N–H and O–H groups in total. The molecule has 0 aromatic rings. The van der Waals surface area contributed by atoms with E-state index in [0.717, 1.165) is 0 Å². The first-order valence-corrected chi connectivity index (χ1v) is 9.29. The molecule has 0 aliphatic carbocycles. The molecule has 12 heteroatoms. The Morgan fingerprint density at radius 3 is 2.05 bits per heavy atom. The van der Waals surface area contributed by atoms with Gasteiger partial charge in [-0.25, -0.2) is 0 Å². The first-order chi connectivity index (χ1) is 8.63. The van der Waals surface area contributed by atoms with Crippen molar-refractivity contribution in [2.45, 2.75) is 12.1 Å². The van der Waals surface area contributed by atoms with Crippen molar-refractivity contribution >= 4 is 41.0 Å². The maximum absolute atomic E-state index is 11.3. The van der Waals surface area contributed by atoms with Gasteiger partial charge in [-0.1, -0.05) is 21.6 Å². The summed E-state index contributed by atoms with van der Waals surface area (Å²) in [7, 11) is -1.83. The molecule has 9 nitrogen and oxygen atoms in total. The maximum atomic E-state index is 11.3. The van der Waals surface area contributed by atoms with Crippen LogP contribution in [0.25, 0.3) is 0 Å². The van der Waals surface area contributed by atoms with Crippen LogP contribution in [0.1, 0.15) is 0 Å². The molecule has 0 spiro atoms. The molecule has 0 aliphatic rings. The van der Waals surface area contributed by atoms with Crippen molar-refractivity contribution < 1.29 is 23.9 Å². The topological polar surface area (TPSA) is 182 Å². The lowest BCUT2D eigenvalue weighted by Crippen LogP contribution is -2.42. The van der Waals surface area contributed by atoms with Gasteiger partial charge in [0.15, 0.2) is 0 Å². The molecule has 19 heavy (non-hydrogen) atoms. The molecule has 0 aromatic carbocycles. The van der Waals surface area contributed by atoms with E-state index in [-0.39, 0.29) is 11.5 Å². The fraction of sp³-hybridized carbons (Fsp3) is 0.714. The Morgan fingerprint density at radius 1 is 1.16 bits per heavy atom. The Bertz CT molecular complexity index is 365. The molecule has 0 aliphatic heterocycles. The van der Waals surface area contributed by atoms with Crippen molar-refractivity contribution in [1.82, 2.24) is 5.32 Å². The predicted octanol–water partition coefficient (Wildman–Crippen LogP) is -2.24. The van der Waals surface area contributed by atoms with Crippen LogP contribution in [-0.2, 0) is 14.2 Å². The van der Waals surface area contributed by atoms with Crippen molar-refractivity contribution in [2.75, 3.05) is 17.8 Å². The number of nitrogens with one attached hydrogen (secondary N) is 1. The highest BCUT2D eigenvalue weighted by molar-refractivity contribution is 8.76. The average molecular weight is 332 g/mol. The number of carbonyl (C=O) groups excluding carboxylic acids is 2. The zero-order valence-electron chi connectivity index (χ0n) is 9.89.